The molecule has 1 aromatic heterocycles. The number of carbonyl (C=O) groups excluding carboxylic acids is 3. The minimum Gasteiger partial charge on any atom is -0.481 e. The van der Waals surface area contributed by atoms with Crippen LogP contribution in [-0.2, 0) is 30.4 Å². The van der Waals surface area contributed by atoms with E-state index in [0.717, 1.165) is 16.5 Å². The molecule has 0 saturated carbocycles. The first-order chi connectivity index (χ1) is 17.5. The molecule has 1 aromatic carbocycles. The second-order valence-electron chi connectivity index (χ2n) is 8.78. The smallest absolute Gasteiger partial charge is 0.328 e. The lowest BCUT2D eigenvalue weighted by Crippen LogP contribution is -2.59. The molecular formula is C24H33N5O8. The van der Waals surface area contributed by atoms with Crippen LogP contribution in [0.15, 0.2) is 30.5 Å². The largest absolute Gasteiger partial charge is 0.481 e. The zero-order valence-corrected chi connectivity index (χ0v) is 20.6. The summed E-state index contributed by atoms with van der Waals surface area (Å²) in [5.41, 5.74) is 7.67. The van der Waals surface area contributed by atoms with Gasteiger partial charge < -0.3 is 42.0 Å². The summed E-state index contributed by atoms with van der Waals surface area (Å²) >= 11 is 0. The zero-order chi connectivity index (χ0) is 27.7. The normalized spacial score (nSPS) is 15.1. The van der Waals surface area contributed by atoms with Gasteiger partial charge in [-0.05, 0) is 24.0 Å². The van der Waals surface area contributed by atoms with Gasteiger partial charge in [0.15, 0.2) is 0 Å². The van der Waals surface area contributed by atoms with Crippen LogP contribution < -0.4 is 21.7 Å². The van der Waals surface area contributed by atoms with Crippen molar-refractivity contribution in [3.63, 3.8) is 0 Å². The Morgan fingerprint density at radius 2 is 1.62 bits per heavy atom. The summed E-state index contributed by atoms with van der Waals surface area (Å²) in [7, 11) is 0. The molecule has 9 N–H and O–H groups in total. The number of benzene rings is 1. The number of para-hydroxylation sites is 1. The number of carboxylic acids is 2. The Hall–Kier alpha value is -3.97. The van der Waals surface area contributed by atoms with Crippen molar-refractivity contribution in [3.8, 4) is 0 Å². The third-order valence-corrected chi connectivity index (χ3v) is 6.05. The number of hydrogen-bond acceptors (Lipinski definition) is 7. The van der Waals surface area contributed by atoms with Gasteiger partial charge in [0.05, 0.1) is 19.1 Å². The monoisotopic (exact) mass is 519 g/mol. The molecule has 202 valence electrons. The summed E-state index contributed by atoms with van der Waals surface area (Å²) in [5, 5.41) is 35.3. The van der Waals surface area contributed by atoms with Gasteiger partial charge in [-0.2, -0.15) is 0 Å². The van der Waals surface area contributed by atoms with Crippen LogP contribution in [0.2, 0.25) is 0 Å². The molecule has 5 atom stereocenters. The quantitative estimate of drug-likeness (QED) is 0.154. The lowest BCUT2D eigenvalue weighted by atomic mass is 9.97. The van der Waals surface area contributed by atoms with Crippen LogP contribution in [0.1, 0.15) is 32.3 Å². The SMILES string of the molecule is CCC(C)C(NC(=O)C(CC(=O)O)NC(=O)C(N)Cc1c[nH]c2ccccc12)C(=O)NC(CO)C(=O)O. The first kappa shape index (κ1) is 29.3. The molecule has 13 heteroatoms. The van der Waals surface area contributed by atoms with Gasteiger partial charge in [0.1, 0.15) is 18.1 Å². The first-order valence-electron chi connectivity index (χ1n) is 11.8. The van der Waals surface area contributed by atoms with E-state index in [1.807, 2.05) is 24.3 Å². The Labute approximate surface area is 212 Å². The zero-order valence-electron chi connectivity index (χ0n) is 20.6. The van der Waals surface area contributed by atoms with Crippen LogP contribution in [0.5, 0.6) is 0 Å². The predicted octanol–water partition coefficient (Wildman–Crippen LogP) is -0.910. The first-order valence-corrected chi connectivity index (χ1v) is 11.8. The molecule has 2 aromatic rings. The number of aliphatic hydroxyl groups is 1. The minimum atomic E-state index is -1.59. The summed E-state index contributed by atoms with van der Waals surface area (Å²) in [6.45, 7) is 2.49. The van der Waals surface area contributed by atoms with E-state index >= 15 is 0 Å². The highest BCUT2D eigenvalue weighted by molar-refractivity contribution is 5.96. The van der Waals surface area contributed by atoms with Gasteiger partial charge in [0.2, 0.25) is 17.7 Å². The molecule has 2 rings (SSSR count). The maximum Gasteiger partial charge on any atom is 0.328 e. The number of carboxylic acid groups (broad SMARTS) is 2. The van der Waals surface area contributed by atoms with E-state index in [4.69, 9.17) is 10.8 Å². The molecule has 0 radical (unpaired) electrons. The van der Waals surface area contributed by atoms with Gasteiger partial charge in [0.25, 0.3) is 0 Å². The van der Waals surface area contributed by atoms with E-state index in [9.17, 15) is 34.2 Å². The van der Waals surface area contributed by atoms with Crippen molar-refractivity contribution in [2.75, 3.05) is 6.61 Å². The maximum absolute atomic E-state index is 13.0. The molecule has 0 fully saturated rings. The van der Waals surface area contributed by atoms with E-state index < -0.39 is 72.8 Å². The topological polar surface area (TPSA) is 224 Å². The number of carbonyl (C=O) groups is 5. The molecule has 0 spiro atoms. The van der Waals surface area contributed by atoms with Crippen LogP contribution in [0.3, 0.4) is 0 Å². The number of fused-ring (bicyclic) bond motifs is 1. The molecule has 37 heavy (non-hydrogen) atoms. The number of aliphatic hydroxyl groups excluding tert-OH is 1. The second-order valence-corrected chi connectivity index (χ2v) is 8.78. The Balaban J connectivity index is 2.14. The highest BCUT2D eigenvalue weighted by Gasteiger charge is 2.33. The van der Waals surface area contributed by atoms with Crippen molar-refractivity contribution in [1.82, 2.24) is 20.9 Å². The van der Waals surface area contributed by atoms with Crippen molar-refractivity contribution < 1.29 is 39.3 Å². The van der Waals surface area contributed by atoms with E-state index in [1.165, 1.54) is 0 Å². The Morgan fingerprint density at radius 3 is 2.22 bits per heavy atom. The van der Waals surface area contributed by atoms with Gasteiger partial charge >= 0.3 is 11.9 Å². The van der Waals surface area contributed by atoms with Gasteiger partial charge in [0, 0.05) is 17.1 Å². The van der Waals surface area contributed by atoms with E-state index in [2.05, 4.69) is 20.9 Å². The third kappa shape index (κ3) is 8.02. The number of rotatable bonds is 14. The van der Waals surface area contributed by atoms with Crippen molar-refractivity contribution in [2.24, 2.45) is 11.7 Å². The Kier molecular flexibility index (Phi) is 10.6. The highest BCUT2D eigenvalue weighted by Crippen LogP contribution is 2.19. The summed E-state index contributed by atoms with van der Waals surface area (Å²) in [5.74, 6) is -5.91. The summed E-state index contributed by atoms with van der Waals surface area (Å²) in [4.78, 5) is 64.1. The number of amides is 3. The lowest BCUT2D eigenvalue weighted by molar-refractivity contribution is -0.144. The van der Waals surface area contributed by atoms with E-state index in [1.54, 1.807) is 20.0 Å². The number of aliphatic carboxylic acids is 2. The molecule has 0 aliphatic carbocycles. The average Bonchev–Trinajstić information content (AvgIpc) is 3.26. The fraction of sp³-hybridized carbons (Fsp3) is 0.458. The van der Waals surface area contributed by atoms with Crippen molar-refractivity contribution in [1.29, 1.82) is 0 Å². The van der Waals surface area contributed by atoms with Crippen LogP contribution in [0.4, 0.5) is 0 Å². The predicted molar refractivity (Wildman–Crippen MR) is 132 cm³/mol. The average molecular weight is 520 g/mol. The van der Waals surface area contributed by atoms with Crippen LogP contribution in [0, 0.1) is 5.92 Å². The molecule has 5 unspecified atom stereocenters. The summed E-state index contributed by atoms with van der Waals surface area (Å²) in [6, 6.07) is 1.92. The lowest BCUT2D eigenvalue weighted by Gasteiger charge is -2.27. The van der Waals surface area contributed by atoms with E-state index in [-0.39, 0.29) is 6.42 Å². The number of aromatic amines is 1. The minimum absolute atomic E-state index is 0.118. The van der Waals surface area contributed by atoms with Gasteiger partial charge in [-0.25, -0.2) is 4.79 Å². The molecule has 0 aliphatic rings. The standard InChI is InChI=1S/C24H33N5O8/c1-3-12(2)20(23(35)28-18(11-30)24(36)37)29-22(34)17(9-19(31)32)27-21(33)15(25)8-13-10-26-16-7-5-4-6-14(13)16/h4-7,10,12,15,17-18,20,26,30H,3,8-9,11,25H2,1-2H3,(H,27,33)(H,28,35)(H,29,34)(H,31,32)(H,36,37). The Morgan fingerprint density at radius 1 is 0.973 bits per heavy atom. The number of hydrogen-bond donors (Lipinski definition) is 8. The van der Waals surface area contributed by atoms with Crippen LogP contribution in [0.25, 0.3) is 10.9 Å². The van der Waals surface area contributed by atoms with Gasteiger partial charge in [-0.15, -0.1) is 0 Å². The molecular weight excluding hydrogens is 486 g/mol. The van der Waals surface area contributed by atoms with Crippen molar-refractivity contribution >= 4 is 40.6 Å². The van der Waals surface area contributed by atoms with Crippen LogP contribution in [-0.4, -0.2) is 80.7 Å². The highest BCUT2D eigenvalue weighted by atomic mass is 16.4. The fourth-order valence-corrected chi connectivity index (χ4v) is 3.70. The van der Waals surface area contributed by atoms with Crippen molar-refractivity contribution in [3.05, 3.63) is 36.0 Å². The van der Waals surface area contributed by atoms with Crippen LogP contribution >= 0.6 is 0 Å². The maximum atomic E-state index is 13.0. The molecule has 0 bridgehead atoms. The molecule has 0 aliphatic heterocycles. The van der Waals surface area contributed by atoms with E-state index in [0.29, 0.717) is 6.42 Å². The fourth-order valence-electron chi connectivity index (χ4n) is 3.70. The van der Waals surface area contributed by atoms with Gasteiger partial charge in [-0.3, -0.25) is 19.2 Å². The second kappa shape index (κ2) is 13.4. The number of nitrogens with two attached hydrogens (primary N) is 1. The molecule has 1 heterocycles. The van der Waals surface area contributed by atoms with Gasteiger partial charge in [-0.1, -0.05) is 38.5 Å². The van der Waals surface area contributed by atoms with Crippen molar-refractivity contribution in [2.45, 2.75) is 57.3 Å². The molecule has 0 saturated heterocycles. The number of H-pyrrole nitrogens is 1. The third-order valence-electron chi connectivity index (χ3n) is 6.05. The molecule has 3 amide bonds. The summed E-state index contributed by atoms with van der Waals surface area (Å²) < 4.78 is 0. The summed E-state index contributed by atoms with van der Waals surface area (Å²) in [6.07, 6.45) is 1.46. The number of nitrogens with one attached hydrogen (secondary N) is 4. The Bertz CT molecular complexity index is 1130. The molecule has 13 nitrogen and oxygen atoms in total. The number of aromatic nitrogens is 1.